The predicted molar refractivity (Wildman–Crippen MR) is 54.2 cm³/mol. The largest absolute Gasteiger partial charge is 0.481 e. The second-order valence-corrected chi connectivity index (χ2v) is 3.35. The smallest absolute Gasteiger partial charge is 0.317 e. The number of hydrogen-bond donors (Lipinski definition) is 2. The van der Waals surface area contributed by atoms with E-state index in [-0.39, 0.29) is 6.03 Å². The van der Waals surface area contributed by atoms with E-state index in [0.29, 0.717) is 26.1 Å². The Hall–Kier alpha value is -1.70. The van der Waals surface area contributed by atoms with Crippen LogP contribution in [0, 0.1) is 17.8 Å². The van der Waals surface area contributed by atoms with E-state index in [2.05, 4.69) is 17.2 Å². The molecule has 0 radical (unpaired) electrons. The van der Waals surface area contributed by atoms with Crippen LogP contribution < -0.4 is 5.32 Å². The summed E-state index contributed by atoms with van der Waals surface area (Å²) < 4.78 is 0. The molecule has 2 amide bonds. The highest BCUT2D eigenvalue weighted by Gasteiger charge is 2.35. The normalized spacial score (nSPS) is 14.9. The maximum absolute atomic E-state index is 11.3. The second kappa shape index (κ2) is 5.25. The van der Waals surface area contributed by atoms with Crippen LogP contribution in [0.1, 0.15) is 13.3 Å². The van der Waals surface area contributed by atoms with Crippen molar-refractivity contribution in [2.45, 2.75) is 13.3 Å². The van der Waals surface area contributed by atoms with Crippen LogP contribution in [0.5, 0.6) is 0 Å². The summed E-state index contributed by atoms with van der Waals surface area (Å²) >= 11 is 0. The molecule has 1 rings (SSSR count). The lowest BCUT2D eigenvalue weighted by Gasteiger charge is -2.36. The summed E-state index contributed by atoms with van der Waals surface area (Å²) in [7, 11) is 0. The third-order valence-corrected chi connectivity index (χ3v) is 2.22. The highest BCUT2D eigenvalue weighted by atomic mass is 16.4. The molecule has 82 valence electrons. The molecular weight excluding hydrogens is 196 g/mol. The zero-order valence-electron chi connectivity index (χ0n) is 8.62. The predicted octanol–water partition coefficient (Wildman–Crippen LogP) is 0.126. The van der Waals surface area contributed by atoms with E-state index in [0.717, 1.165) is 0 Å². The Morgan fingerprint density at radius 1 is 1.53 bits per heavy atom. The van der Waals surface area contributed by atoms with Crippen LogP contribution in [0.4, 0.5) is 4.79 Å². The van der Waals surface area contributed by atoms with Gasteiger partial charge < -0.3 is 15.3 Å². The van der Waals surface area contributed by atoms with Crippen molar-refractivity contribution in [3.8, 4) is 11.8 Å². The fraction of sp³-hybridized carbons (Fsp3) is 0.600. The molecule has 5 heteroatoms. The SMILES string of the molecule is CC#CCCNC(=O)N1CC(C(=O)O)C1. The lowest BCUT2D eigenvalue weighted by molar-refractivity contribution is -0.146. The first-order chi connectivity index (χ1) is 7.15. The van der Waals surface area contributed by atoms with Crippen molar-refractivity contribution in [3.05, 3.63) is 0 Å². The molecule has 0 aromatic carbocycles. The van der Waals surface area contributed by atoms with Gasteiger partial charge in [0.1, 0.15) is 0 Å². The molecule has 1 saturated heterocycles. The zero-order valence-corrected chi connectivity index (χ0v) is 8.62. The van der Waals surface area contributed by atoms with Gasteiger partial charge >= 0.3 is 12.0 Å². The van der Waals surface area contributed by atoms with Crippen molar-refractivity contribution in [1.29, 1.82) is 0 Å². The summed E-state index contributed by atoms with van der Waals surface area (Å²) in [4.78, 5) is 23.3. The molecule has 0 aliphatic carbocycles. The van der Waals surface area contributed by atoms with E-state index >= 15 is 0 Å². The molecule has 1 aliphatic rings. The number of hydrogen-bond acceptors (Lipinski definition) is 2. The minimum absolute atomic E-state index is 0.203. The third-order valence-electron chi connectivity index (χ3n) is 2.22. The van der Waals surface area contributed by atoms with Crippen LogP contribution in [0.15, 0.2) is 0 Å². The molecule has 0 bridgehead atoms. The Bertz CT molecular complexity index is 310. The van der Waals surface area contributed by atoms with Gasteiger partial charge in [0.2, 0.25) is 0 Å². The van der Waals surface area contributed by atoms with Gasteiger partial charge in [-0.15, -0.1) is 11.8 Å². The van der Waals surface area contributed by atoms with Crippen molar-refractivity contribution >= 4 is 12.0 Å². The molecule has 5 nitrogen and oxygen atoms in total. The van der Waals surface area contributed by atoms with Gasteiger partial charge in [0, 0.05) is 26.1 Å². The molecule has 1 heterocycles. The number of carbonyl (C=O) groups excluding carboxylic acids is 1. The quantitative estimate of drug-likeness (QED) is 0.513. The molecular formula is C10H14N2O3. The lowest BCUT2D eigenvalue weighted by atomic mass is 10.0. The average molecular weight is 210 g/mol. The average Bonchev–Trinajstić information content (AvgIpc) is 2.09. The Morgan fingerprint density at radius 3 is 2.73 bits per heavy atom. The number of likely N-dealkylation sites (tertiary alicyclic amines) is 1. The molecule has 1 fully saturated rings. The molecule has 0 spiro atoms. The van der Waals surface area contributed by atoms with Gasteiger partial charge in [-0.3, -0.25) is 4.79 Å². The molecule has 15 heavy (non-hydrogen) atoms. The van der Waals surface area contributed by atoms with E-state index in [1.165, 1.54) is 4.90 Å². The Labute approximate surface area is 88.4 Å². The summed E-state index contributed by atoms with van der Waals surface area (Å²) in [5.41, 5.74) is 0. The van der Waals surface area contributed by atoms with Gasteiger partial charge in [-0.1, -0.05) is 0 Å². The van der Waals surface area contributed by atoms with E-state index in [4.69, 9.17) is 5.11 Å². The minimum atomic E-state index is -0.837. The van der Waals surface area contributed by atoms with E-state index in [1.807, 2.05) is 0 Å². The topological polar surface area (TPSA) is 69.6 Å². The Balaban J connectivity index is 2.14. The monoisotopic (exact) mass is 210 g/mol. The van der Waals surface area contributed by atoms with E-state index in [9.17, 15) is 9.59 Å². The van der Waals surface area contributed by atoms with Crippen LogP contribution in [0.2, 0.25) is 0 Å². The van der Waals surface area contributed by atoms with Crippen LogP contribution in [-0.4, -0.2) is 41.6 Å². The molecule has 0 atom stereocenters. The lowest BCUT2D eigenvalue weighted by Crippen LogP contribution is -2.56. The Kier molecular flexibility index (Phi) is 3.98. The van der Waals surface area contributed by atoms with E-state index in [1.54, 1.807) is 6.92 Å². The fourth-order valence-electron chi connectivity index (χ4n) is 1.27. The van der Waals surface area contributed by atoms with E-state index < -0.39 is 11.9 Å². The molecule has 0 saturated carbocycles. The number of carboxylic acid groups (broad SMARTS) is 1. The van der Waals surface area contributed by atoms with Crippen molar-refractivity contribution in [2.75, 3.05) is 19.6 Å². The van der Waals surface area contributed by atoms with Gasteiger partial charge in [0.05, 0.1) is 5.92 Å². The number of carbonyl (C=O) groups is 2. The van der Waals surface area contributed by atoms with Crippen molar-refractivity contribution < 1.29 is 14.7 Å². The Morgan fingerprint density at radius 2 is 2.20 bits per heavy atom. The third kappa shape index (κ3) is 3.17. The maximum Gasteiger partial charge on any atom is 0.317 e. The van der Waals surface area contributed by atoms with Gasteiger partial charge in [-0.2, -0.15) is 0 Å². The number of amides is 2. The van der Waals surface area contributed by atoms with Crippen LogP contribution in [0.25, 0.3) is 0 Å². The number of nitrogens with zero attached hydrogens (tertiary/aromatic N) is 1. The first-order valence-electron chi connectivity index (χ1n) is 4.80. The summed E-state index contributed by atoms with van der Waals surface area (Å²) in [5, 5.41) is 11.3. The van der Waals surface area contributed by atoms with Crippen LogP contribution in [0.3, 0.4) is 0 Å². The van der Waals surface area contributed by atoms with Gasteiger partial charge in [-0.25, -0.2) is 4.79 Å². The molecule has 0 aromatic heterocycles. The highest BCUT2D eigenvalue weighted by Crippen LogP contribution is 2.14. The van der Waals surface area contributed by atoms with Crippen molar-refractivity contribution in [1.82, 2.24) is 10.2 Å². The van der Waals surface area contributed by atoms with Gasteiger partial charge in [0.25, 0.3) is 0 Å². The number of carboxylic acids is 1. The molecule has 1 aliphatic heterocycles. The number of rotatable bonds is 3. The van der Waals surface area contributed by atoms with Crippen LogP contribution >= 0.6 is 0 Å². The summed E-state index contributed by atoms with van der Waals surface area (Å²) in [6, 6.07) is -0.203. The zero-order chi connectivity index (χ0) is 11.3. The number of urea groups is 1. The summed E-state index contributed by atoms with van der Waals surface area (Å²) in [6.07, 6.45) is 0.623. The minimum Gasteiger partial charge on any atom is -0.481 e. The standard InChI is InChI=1S/C10H14N2O3/c1-2-3-4-5-11-10(15)12-6-8(7-12)9(13)14/h8H,4-7H2,1H3,(H,11,15)(H,13,14). The molecule has 0 unspecified atom stereocenters. The number of aliphatic carboxylic acids is 1. The first kappa shape index (κ1) is 11.4. The number of nitrogens with one attached hydrogen (secondary N) is 1. The van der Waals surface area contributed by atoms with Gasteiger partial charge in [-0.05, 0) is 6.92 Å². The summed E-state index contributed by atoms with van der Waals surface area (Å²) in [6.45, 7) is 2.86. The van der Waals surface area contributed by atoms with Gasteiger partial charge in [0.15, 0.2) is 0 Å². The highest BCUT2D eigenvalue weighted by molar-refractivity contribution is 5.79. The molecule has 0 aromatic rings. The first-order valence-corrected chi connectivity index (χ1v) is 4.80. The molecule has 2 N–H and O–H groups in total. The fourth-order valence-corrected chi connectivity index (χ4v) is 1.27. The van der Waals surface area contributed by atoms with Crippen molar-refractivity contribution in [3.63, 3.8) is 0 Å². The van der Waals surface area contributed by atoms with Crippen molar-refractivity contribution in [2.24, 2.45) is 5.92 Å². The van der Waals surface area contributed by atoms with Crippen LogP contribution in [-0.2, 0) is 4.79 Å². The maximum atomic E-state index is 11.3. The second-order valence-electron chi connectivity index (χ2n) is 3.35. The summed E-state index contributed by atoms with van der Waals surface area (Å²) in [5.74, 6) is 4.32.